The summed E-state index contributed by atoms with van der Waals surface area (Å²) < 4.78 is 5.51. The number of nitrogens with one attached hydrogen (secondary N) is 1. The van der Waals surface area contributed by atoms with Crippen LogP contribution in [0.3, 0.4) is 0 Å². The molecule has 0 spiro atoms. The van der Waals surface area contributed by atoms with Gasteiger partial charge >= 0.3 is 0 Å². The number of rotatable bonds is 5. The van der Waals surface area contributed by atoms with Crippen LogP contribution in [0.5, 0.6) is 5.75 Å². The van der Waals surface area contributed by atoms with Crippen molar-refractivity contribution in [3.05, 3.63) is 30.3 Å². The number of para-hydroxylation sites is 1. The lowest BCUT2D eigenvalue weighted by Gasteiger charge is -2.32. The topological polar surface area (TPSA) is 41.6 Å². The van der Waals surface area contributed by atoms with Crippen LogP contribution in [0.4, 0.5) is 0 Å². The van der Waals surface area contributed by atoms with E-state index in [2.05, 4.69) is 5.32 Å². The van der Waals surface area contributed by atoms with E-state index < -0.39 is 0 Å². The molecule has 1 heterocycles. The predicted octanol–water partition coefficient (Wildman–Crippen LogP) is 1.95. The van der Waals surface area contributed by atoms with E-state index in [1.54, 1.807) is 0 Å². The Kier molecular flexibility index (Phi) is 7.41. The first kappa shape index (κ1) is 16.8. The zero-order valence-corrected chi connectivity index (χ0v) is 12.7. The highest BCUT2D eigenvalue weighted by atomic mass is 35.5. The lowest BCUT2D eigenvalue weighted by molar-refractivity contribution is -0.135. The number of hydrogen-bond acceptors (Lipinski definition) is 3. The highest BCUT2D eigenvalue weighted by molar-refractivity contribution is 5.85. The smallest absolute Gasteiger partial charge is 0.260 e. The Morgan fingerprint density at radius 2 is 2.15 bits per heavy atom. The Labute approximate surface area is 126 Å². The number of benzene rings is 1. The van der Waals surface area contributed by atoms with E-state index in [0.717, 1.165) is 31.8 Å². The normalized spacial score (nSPS) is 18.2. The fourth-order valence-corrected chi connectivity index (χ4v) is 2.50. The van der Waals surface area contributed by atoms with Crippen LogP contribution in [0.15, 0.2) is 30.3 Å². The van der Waals surface area contributed by atoms with Gasteiger partial charge in [0.15, 0.2) is 6.61 Å². The highest BCUT2D eigenvalue weighted by Crippen LogP contribution is 2.16. The SMILES string of the molecule is CNCC1CCCN(C(=O)COc2ccccc2)C1.Cl. The van der Waals surface area contributed by atoms with E-state index in [-0.39, 0.29) is 24.9 Å². The summed E-state index contributed by atoms with van der Waals surface area (Å²) in [4.78, 5) is 14.0. The Morgan fingerprint density at radius 3 is 2.85 bits per heavy atom. The first-order valence-electron chi connectivity index (χ1n) is 6.90. The van der Waals surface area contributed by atoms with E-state index in [4.69, 9.17) is 4.74 Å². The summed E-state index contributed by atoms with van der Waals surface area (Å²) in [6, 6.07) is 9.48. The third-order valence-corrected chi connectivity index (χ3v) is 3.47. The molecule has 1 aliphatic heterocycles. The molecule has 1 aliphatic rings. The Hall–Kier alpha value is -1.26. The Bertz CT molecular complexity index is 398. The number of likely N-dealkylation sites (tertiary alicyclic amines) is 1. The first-order valence-corrected chi connectivity index (χ1v) is 6.90. The summed E-state index contributed by atoms with van der Waals surface area (Å²) in [5.41, 5.74) is 0. The number of ether oxygens (including phenoxy) is 1. The molecular weight excluding hydrogens is 276 g/mol. The van der Waals surface area contributed by atoms with Gasteiger partial charge in [-0.2, -0.15) is 0 Å². The van der Waals surface area contributed by atoms with E-state index >= 15 is 0 Å². The molecule has 2 rings (SSSR count). The van der Waals surface area contributed by atoms with Gasteiger partial charge in [0.1, 0.15) is 5.75 Å². The molecule has 0 radical (unpaired) electrons. The van der Waals surface area contributed by atoms with E-state index in [1.165, 1.54) is 6.42 Å². The summed E-state index contributed by atoms with van der Waals surface area (Å²) in [6.07, 6.45) is 2.29. The minimum Gasteiger partial charge on any atom is -0.484 e. The number of halogens is 1. The quantitative estimate of drug-likeness (QED) is 0.903. The fourth-order valence-electron chi connectivity index (χ4n) is 2.50. The lowest BCUT2D eigenvalue weighted by atomic mass is 9.98. The van der Waals surface area contributed by atoms with Crippen molar-refractivity contribution in [2.75, 3.05) is 33.3 Å². The van der Waals surface area contributed by atoms with Crippen molar-refractivity contribution < 1.29 is 9.53 Å². The molecule has 1 amide bonds. The number of amides is 1. The van der Waals surface area contributed by atoms with Gasteiger partial charge in [0.05, 0.1) is 0 Å². The van der Waals surface area contributed by atoms with Crippen LogP contribution in [0.25, 0.3) is 0 Å². The van der Waals surface area contributed by atoms with Crippen molar-refractivity contribution >= 4 is 18.3 Å². The summed E-state index contributed by atoms with van der Waals surface area (Å²) in [6.45, 7) is 2.81. The molecule has 1 saturated heterocycles. The average molecular weight is 299 g/mol. The Morgan fingerprint density at radius 1 is 1.40 bits per heavy atom. The van der Waals surface area contributed by atoms with Gasteiger partial charge < -0.3 is 15.0 Å². The van der Waals surface area contributed by atoms with Crippen LogP contribution in [0.2, 0.25) is 0 Å². The summed E-state index contributed by atoms with van der Waals surface area (Å²) in [7, 11) is 1.96. The standard InChI is InChI=1S/C15H22N2O2.ClH/c1-16-10-13-6-5-9-17(11-13)15(18)12-19-14-7-3-2-4-8-14;/h2-4,7-8,13,16H,5-6,9-12H2,1H3;1H. The highest BCUT2D eigenvalue weighted by Gasteiger charge is 2.23. The van der Waals surface area contributed by atoms with Crippen LogP contribution in [0.1, 0.15) is 12.8 Å². The van der Waals surface area contributed by atoms with E-state index in [0.29, 0.717) is 5.92 Å². The van der Waals surface area contributed by atoms with Gasteiger partial charge in [0.25, 0.3) is 5.91 Å². The van der Waals surface area contributed by atoms with Gasteiger partial charge in [0, 0.05) is 13.1 Å². The predicted molar refractivity (Wildman–Crippen MR) is 82.4 cm³/mol. The number of piperidine rings is 1. The second-order valence-electron chi connectivity index (χ2n) is 5.01. The third-order valence-electron chi connectivity index (χ3n) is 3.47. The zero-order chi connectivity index (χ0) is 13.5. The van der Waals surface area contributed by atoms with Crippen LogP contribution in [-0.4, -0.2) is 44.1 Å². The van der Waals surface area contributed by atoms with Gasteiger partial charge in [-0.1, -0.05) is 18.2 Å². The van der Waals surface area contributed by atoms with Crippen LogP contribution < -0.4 is 10.1 Å². The van der Waals surface area contributed by atoms with Crippen molar-refractivity contribution in [3.8, 4) is 5.75 Å². The summed E-state index contributed by atoms with van der Waals surface area (Å²) in [5, 5.41) is 3.19. The molecule has 0 aliphatic carbocycles. The van der Waals surface area contributed by atoms with Gasteiger partial charge in [0.2, 0.25) is 0 Å². The monoisotopic (exact) mass is 298 g/mol. The zero-order valence-electron chi connectivity index (χ0n) is 11.9. The molecule has 112 valence electrons. The molecule has 5 heteroatoms. The third kappa shape index (κ3) is 5.02. The maximum absolute atomic E-state index is 12.1. The minimum absolute atomic E-state index is 0. The van der Waals surface area contributed by atoms with Crippen molar-refractivity contribution in [2.24, 2.45) is 5.92 Å². The summed E-state index contributed by atoms with van der Waals surface area (Å²) >= 11 is 0. The largest absolute Gasteiger partial charge is 0.484 e. The molecular formula is C15H23ClN2O2. The second kappa shape index (κ2) is 8.82. The van der Waals surface area contributed by atoms with Gasteiger partial charge in [-0.3, -0.25) is 4.79 Å². The summed E-state index contributed by atoms with van der Waals surface area (Å²) in [5.74, 6) is 1.41. The molecule has 0 aromatic heterocycles. The molecule has 0 saturated carbocycles. The van der Waals surface area contributed by atoms with E-state index in [9.17, 15) is 4.79 Å². The van der Waals surface area contributed by atoms with Gasteiger partial charge in [-0.05, 0) is 44.5 Å². The molecule has 1 unspecified atom stereocenters. The maximum Gasteiger partial charge on any atom is 0.260 e. The molecule has 1 fully saturated rings. The van der Waals surface area contributed by atoms with Crippen molar-refractivity contribution in [1.82, 2.24) is 10.2 Å². The van der Waals surface area contributed by atoms with Crippen molar-refractivity contribution in [3.63, 3.8) is 0 Å². The average Bonchev–Trinajstić information content (AvgIpc) is 2.46. The fraction of sp³-hybridized carbons (Fsp3) is 0.533. The maximum atomic E-state index is 12.1. The molecule has 20 heavy (non-hydrogen) atoms. The number of hydrogen-bond donors (Lipinski definition) is 1. The van der Waals surface area contributed by atoms with Crippen molar-refractivity contribution in [2.45, 2.75) is 12.8 Å². The molecule has 4 nitrogen and oxygen atoms in total. The van der Waals surface area contributed by atoms with Gasteiger partial charge in [-0.15, -0.1) is 12.4 Å². The molecule has 1 atom stereocenters. The number of carbonyl (C=O) groups is 1. The molecule has 1 aromatic rings. The van der Waals surface area contributed by atoms with Crippen LogP contribution in [0, 0.1) is 5.92 Å². The van der Waals surface area contributed by atoms with Gasteiger partial charge in [-0.25, -0.2) is 0 Å². The van der Waals surface area contributed by atoms with Crippen LogP contribution >= 0.6 is 12.4 Å². The lowest BCUT2D eigenvalue weighted by Crippen LogP contribution is -2.44. The number of carbonyl (C=O) groups excluding carboxylic acids is 1. The second-order valence-corrected chi connectivity index (χ2v) is 5.01. The number of nitrogens with zero attached hydrogens (tertiary/aromatic N) is 1. The first-order chi connectivity index (χ1) is 9.29. The Balaban J connectivity index is 0.00000200. The van der Waals surface area contributed by atoms with Crippen LogP contribution in [-0.2, 0) is 4.79 Å². The molecule has 1 N–H and O–H groups in total. The molecule has 1 aromatic carbocycles. The van der Waals surface area contributed by atoms with Crippen molar-refractivity contribution in [1.29, 1.82) is 0 Å². The van der Waals surface area contributed by atoms with E-state index in [1.807, 2.05) is 42.3 Å². The molecule has 0 bridgehead atoms. The minimum atomic E-state index is 0.